The number of hydrogen-bond donors (Lipinski definition) is 0. The van der Waals surface area contributed by atoms with Gasteiger partial charge >= 0.3 is 0 Å². The summed E-state index contributed by atoms with van der Waals surface area (Å²) < 4.78 is 28.1. The first-order valence-electron chi connectivity index (χ1n) is 4.49. The van der Waals surface area contributed by atoms with Gasteiger partial charge in [-0.2, -0.15) is 0 Å². The molecule has 2 aromatic rings. The first kappa shape index (κ1) is 12.6. The molecule has 0 saturated carbocycles. The molecule has 0 radical (unpaired) electrons. The molecule has 1 aromatic heterocycles. The van der Waals surface area contributed by atoms with E-state index < -0.39 is 11.4 Å². The van der Waals surface area contributed by atoms with E-state index in [2.05, 4.69) is 10.8 Å². The fourth-order valence-corrected chi connectivity index (χ4v) is 1.22. The molecule has 0 aliphatic rings. The predicted molar refractivity (Wildman–Crippen MR) is 61.3 cm³/mol. The van der Waals surface area contributed by atoms with E-state index in [9.17, 15) is 8.76 Å². The third kappa shape index (κ3) is 4.39. The molecule has 0 aliphatic heterocycles. The maximum absolute atomic E-state index is 9.49. The van der Waals surface area contributed by atoms with Gasteiger partial charge in [-0.1, -0.05) is 24.3 Å². The van der Waals surface area contributed by atoms with Gasteiger partial charge in [0, 0.05) is 5.39 Å². The highest BCUT2D eigenvalue weighted by atomic mass is 32.2. The molecule has 16 heavy (non-hydrogen) atoms. The molecule has 1 unspecified atom stereocenters. The van der Waals surface area contributed by atoms with Gasteiger partial charge in [-0.15, -0.1) is 6.58 Å². The van der Waals surface area contributed by atoms with Gasteiger partial charge in [0.15, 0.2) is 0 Å². The van der Waals surface area contributed by atoms with E-state index >= 15 is 0 Å². The molecular weight excluding hydrogens is 228 g/mol. The molecule has 1 heterocycles. The quantitative estimate of drug-likeness (QED) is 0.609. The number of benzene rings is 1. The third-order valence-electron chi connectivity index (χ3n) is 1.64. The lowest BCUT2D eigenvalue weighted by Crippen LogP contribution is -1.93. The molecule has 0 fully saturated rings. The Labute approximate surface area is 96.0 Å². The van der Waals surface area contributed by atoms with Crippen LogP contribution in [0.25, 0.3) is 11.0 Å². The molecular formula is C11H11O4S-. The molecule has 0 aliphatic carbocycles. The van der Waals surface area contributed by atoms with Gasteiger partial charge in [-0.25, -0.2) is 4.21 Å². The average Bonchev–Trinajstić information content (AvgIpc) is 2.75. The summed E-state index contributed by atoms with van der Waals surface area (Å²) in [6, 6.07) is 9.90. The summed E-state index contributed by atoms with van der Waals surface area (Å²) in [7, 11) is 0. The zero-order valence-electron chi connectivity index (χ0n) is 8.50. The van der Waals surface area contributed by atoms with Crippen LogP contribution in [0.15, 0.2) is 53.7 Å². The normalized spacial score (nSPS) is 11.6. The van der Waals surface area contributed by atoms with Crippen molar-refractivity contribution < 1.29 is 17.4 Å². The highest BCUT2D eigenvalue weighted by Crippen LogP contribution is 2.12. The third-order valence-corrected chi connectivity index (χ3v) is 1.97. The van der Waals surface area contributed by atoms with Crippen molar-refractivity contribution in [3.8, 4) is 0 Å². The van der Waals surface area contributed by atoms with E-state index in [-0.39, 0.29) is 6.61 Å². The predicted octanol–water partition coefficient (Wildman–Crippen LogP) is 2.42. The molecule has 1 atom stereocenters. The van der Waals surface area contributed by atoms with Crippen LogP contribution in [0.2, 0.25) is 0 Å². The molecule has 4 nitrogen and oxygen atoms in total. The van der Waals surface area contributed by atoms with E-state index in [0.29, 0.717) is 0 Å². The van der Waals surface area contributed by atoms with E-state index in [1.165, 1.54) is 6.08 Å². The molecule has 5 heteroatoms. The van der Waals surface area contributed by atoms with E-state index in [0.717, 1.165) is 11.0 Å². The Morgan fingerprint density at radius 3 is 2.75 bits per heavy atom. The van der Waals surface area contributed by atoms with Crippen LogP contribution in [-0.4, -0.2) is 15.4 Å². The van der Waals surface area contributed by atoms with Gasteiger partial charge in [-0.3, -0.25) is 4.18 Å². The molecule has 0 bridgehead atoms. The molecule has 0 amide bonds. The summed E-state index contributed by atoms with van der Waals surface area (Å²) >= 11 is -2.39. The second kappa shape index (κ2) is 6.95. The van der Waals surface area contributed by atoms with Crippen LogP contribution in [0.5, 0.6) is 0 Å². The van der Waals surface area contributed by atoms with Crippen molar-refractivity contribution in [2.24, 2.45) is 0 Å². The average molecular weight is 239 g/mol. The molecule has 2 rings (SSSR count). The molecule has 0 saturated heterocycles. The number of furan rings is 1. The highest BCUT2D eigenvalue weighted by molar-refractivity contribution is 7.74. The fraction of sp³-hybridized carbons (Fsp3) is 0.0909. The summed E-state index contributed by atoms with van der Waals surface area (Å²) in [5.74, 6) is 0. The minimum Gasteiger partial charge on any atom is -0.750 e. The van der Waals surface area contributed by atoms with Crippen LogP contribution in [0.4, 0.5) is 0 Å². The summed E-state index contributed by atoms with van der Waals surface area (Å²) in [6.45, 7) is 3.29. The van der Waals surface area contributed by atoms with Crippen molar-refractivity contribution in [2.75, 3.05) is 6.61 Å². The van der Waals surface area contributed by atoms with Crippen molar-refractivity contribution >= 4 is 22.3 Å². The highest BCUT2D eigenvalue weighted by Gasteiger charge is 1.89. The number of hydrogen-bond acceptors (Lipinski definition) is 4. The second-order valence-electron chi connectivity index (χ2n) is 2.74. The van der Waals surface area contributed by atoms with Crippen LogP contribution in [-0.2, 0) is 15.5 Å². The van der Waals surface area contributed by atoms with Crippen molar-refractivity contribution in [3.63, 3.8) is 0 Å². The van der Waals surface area contributed by atoms with Gasteiger partial charge < -0.3 is 8.97 Å². The summed E-state index contributed by atoms with van der Waals surface area (Å²) in [5, 5.41) is 1.16. The Kier molecular flexibility index (Phi) is 5.49. The van der Waals surface area contributed by atoms with Crippen LogP contribution < -0.4 is 0 Å². The van der Waals surface area contributed by atoms with Gasteiger partial charge in [0.05, 0.1) is 24.2 Å². The van der Waals surface area contributed by atoms with E-state index in [4.69, 9.17) is 4.42 Å². The van der Waals surface area contributed by atoms with Gasteiger partial charge in [-0.05, 0) is 12.1 Å². The fourth-order valence-electron chi connectivity index (χ4n) is 1.01. The number of rotatable bonds is 3. The van der Waals surface area contributed by atoms with E-state index in [1.807, 2.05) is 30.3 Å². The lowest BCUT2D eigenvalue weighted by atomic mass is 10.3. The second-order valence-corrected chi connectivity index (χ2v) is 3.38. The van der Waals surface area contributed by atoms with E-state index in [1.54, 1.807) is 6.26 Å². The molecule has 1 aromatic carbocycles. The lowest BCUT2D eigenvalue weighted by Gasteiger charge is -1.99. The lowest BCUT2D eigenvalue weighted by molar-refractivity contribution is 0.334. The number of para-hydroxylation sites is 1. The topological polar surface area (TPSA) is 62.5 Å². The maximum atomic E-state index is 9.49. The molecule has 86 valence electrons. The van der Waals surface area contributed by atoms with Crippen LogP contribution in [0.3, 0.4) is 0 Å². The first-order valence-corrected chi connectivity index (χ1v) is 5.49. The zero-order valence-corrected chi connectivity index (χ0v) is 9.31. The monoisotopic (exact) mass is 239 g/mol. The SMILES string of the molecule is C=CCOS(=O)[O-].c1ccc2occc2c1. The Morgan fingerprint density at radius 2 is 2.19 bits per heavy atom. The summed E-state index contributed by atoms with van der Waals surface area (Å²) in [6.07, 6.45) is 3.06. The van der Waals surface area contributed by atoms with Crippen molar-refractivity contribution in [1.29, 1.82) is 0 Å². The van der Waals surface area contributed by atoms with Crippen LogP contribution in [0, 0.1) is 0 Å². The minimum absolute atomic E-state index is 0.0517. The van der Waals surface area contributed by atoms with Crippen molar-refractivity contribution in [1.82, 2.24) is 0 Å². The van der Waals surface area contributed by atoms with Gasteiger partial charge in [0.2, 0.25) is 0 Å². The van der Waals surface area contributed by atoms with Gasteiger partial charge in [0.1, 0.15) is 5.58 Å². The molecule has 0 N–H and O–H groups in total. The van der Waals surface area contributed by atoms with Crippen molar-refractivity contribution in [2.45, 2.75) is 0 Å². The Bertz CT molecular complexity index is 433. The largest absolute Gasteiger partial charge is 0.750 e. The first-order chi connectivity index (χ1) is 7.74. The Morgan fingerprint density at radius 1 is 1.44 bits per heavy atom. The maximum Gasteiger partial charge on any atom is 0.133 e. The zero-order chi connectivity index (χ0) is 11.8. The molecule has 0 spiro atoms. The standard InChI is InChI=1S/C8H6O.C3H6O3S/c1-2-4-8-7(3-1)5-6-9-8;1-2-3-6-7(4)5/h1-6H;2H,1,3H2,(H,4,5)/p-1. The van der Waals surface area contributed by atoms with Gasteiger partial charge in [0.25, 0.3) is 0 Å². The smallest absolute Gasteiger partial charge is 0.133 e. The summed E-state index contributed by atoms with van der Waals surface area (Å²) in [4.78, 5) is 0. The minimum atomic E-state index is -2.39. The Hall–Kier alpha value is -1.43. The van der Waals surface area contributed by atoms with Crippen LogP contribution >= 0.6 is 0 Å². The Balaban J connectivity index is 0.000000168. The van der Waals surface area contributed by atoms with Crippen molar-refractivity contribution in [3.05, 3.63) is 49.2 Å². The number of fused-ring (bicyclic) bond motifs is 1. The summed E-state index contributed by atoms with van der Waals surface area (Å²) in [5.41, 5.74) is 0.956. The van der Waals surface area contributed by atoms with Crippen LogP contribution in [0.1, 0.15) is 0 Å².